The first-order valence-electron chi connectivity index (χ1n) is 11.0. The van der Waals surface area contributed by atoms with Gasteiger partial charge in [0.15, 0.2) is 0 Å². The normalized spacial score (nSPS) is 27.3. The lowest BCUT2D eigenvalue weighted by atomic mass is 9.82. The summed E-state index contributed by atoms with van der Waals surface area (Å²) >= 11 is 0. The third-order valence-electron chi connectivity index (χ3n) is 6.92. The van der Waals surface area contributed by atoms with Gasteiger partial charge < -0.3 is 15.0 Å². The Balaban J connectivity index is 1.57. The van der Waals surface area contributed by atoms with E-state index in [0.717, 1.165) is 13.0 Å². The molecule has 2 amide bonds. The molecule has 0 saturated carbocycles. The van der Waals surface area contributed by atoms with Crippen LogP contribution < -0.4 is 5.32 Å². The number of hydrogen-bond donors (Lipinski definition) is 1. The van der Waals surface area contributed by atoms with Gasteiger partial charge in [0.25, 0.3) is 5.91 Å². The zero-order valence-corrected chi connectivity index (χ0v) is 18.3. The molecule has 162 valence electrons. The number of likely N-dealkylation sites (tertiary alicyclic amines) is 2. The van der Waals surface area contributed by atoms with Crippen molar-refractivity contribution in [3.8, 4) is 0 Å². The third kappa shape index (κ3) is 4.49. The molecule has 3 heterocycles. The largest absolute Gasteiger partial charge is 0.450 e. The van der Waals surface area contributed by atoms with E-state index in [1.165, 1.54) is 26.2 Å². The molecule has 0 radical (unpaired) electrons. The molecule has 7 heteroatoms. The average molecular weight is 406 g/mol. The minimum Gasteiger partial charge on any atom is -0.450 e. The van der Waals surface area contributed by atoms with Gasteiger partial charge in [-0.2, -0.15) is 0 Å². The minimum absolute atomic E-state index is 0.0112. The van der Waals surface area contributed by atoms with E-state index in [1.54, 1.807) is 11.8 Å². The lowest BCUT2D eigenvalue weighted by Gasteiger charge is -2.39. The highest BCUT2D eigenvalue weighted by Crippen LogP contribution is 2.41. The smallest absolute Gasteiger partial charge is 0.335 e. The molecule has 1 N–H and O–H groups in total. The highest BCUT2D eigenvalue weighted by atomic mass is 16.6. The van der Waals surface area contributed by atoms with Gasteiger partial charge in [-0.15, -0.1) is 0 Å². The maximum Gasteiger partial charge on any atom is 0.335 e. The predicted molar refractivity (Wildman–Crippen MR) is 110 cm³/mol. The molecule has 2 unspecified atom stereocenters. The Hall–Kier alpha value is -1.89. The Bertz CT molecular complexity index is 684. The van der Waals surface area contributed by atoms with Gasteiger partial charge in [0.2, 0.25) is 5.91 Å². The molecule has 0 aliphatic carbocycles. The van der Waals surface area contributed by atoms with Crippen molar-refractivity contribution >= 4 is 17.8 Å². The second kappa shape index (κ2) is 8.86. The molecule has 7 nitrogen and oxygen atoms in total. The Kier molecular flexibility index (Phi) is 6.66. The van der Waals surface area contributed by atoms with Crippen LogP contribution in [0.3, 0.4) is 0 Å². The van der Waals surface area contributed by atoms with Crippen LogP contribution >= 0.6 is 0 Å². The van der Waals surface area contributed by atoms with Crippen molar-refractivity contribution in [3.05, 3.63) is 11.1 Å². The summed E-state index contributed by atoms with van der Waals surface area (Å²) in [6.07, 6.45) is 5.60. The topological polar surface area (TPSA) is 78.9 Å². The fraction of sp³-hybridized carbons (Fsp3) is 0.773. The van der Waals surface area contributed by atoms with E-state index in [0.29, 0.717) is 55.7 Å². The number of carbonyl (C=O) groups is 3. The van der Waals surface area contributed by atoms with Crippen LogP contribution in [0.15, 0.2) is 11.1 Å². The molecular formula is C22H35N3O4. The Morgan fingerprint density at radius 2 is 1.79 bits per heavy atom. The monoisotopic (exact) mass is 405 g/mol. The number of hydrogen-bond acceptors (Lipinski definition) is 5. The number of piperidine rings is 2. The summed E-state index contributed by atoms with van der Waals surface area (Å²) in [6.45, 7) is 10.3. The van der Waals surface area contributed by atoms with Crippen LogP contribution in [-0.4, -0.2) is 71.4 Å². The molecule has 0 aromatic carbocycles. The fourth-order valence-electron chi connectivity index (χ4n) is 5.13. The van der Waals surface area contributed by atoms with Gasteiger partial charge in [-0.25, -0.2) is 4.79 Å². The maximum atomic E-state index is 13.0. The standard InChI is InChI=1S/C22H35N3O4/c1-15-7-5-8-16(2)25(15)12-6-11-23-20(27)19-17(3)21(28)29-22(19)9-13-24(14-10-22)18(4)26/h15-16H,5-14H2,1-4H3,(H,23,27). The first-order chi connectivity index (χ1) is 13.7. The predicted octanol–water partition coefficient (Wildman–Crippen LogP) is 2.01. The number of rotatable bonds is 5. The fourth-order valence-corrected chi connectivity index (χ4v) is 5.13. The average Bonchev–Trinajstić information content (AvgIpc) is 2.90. The van der Waals surface area contributed by atoms with E-state index < -0.39 is 11.6 Å². The summed E-state index contributed by atoms with van der Waals surface area (Å²) < 4.78 is 5.67. The van der Waals surface area contributed by atoms with E-state index in [2.05, 4.69) is 24.1 Å². The molecule has 0 bridgehead atoms. The second-order valence-electron chi connectivity index (χ2n) is 8.87. The van der Waals surface area contributed by atoms with Crippen molar-refractivity contribution in [3.63, 3.8) is 0 Å². The number of nitrogens with one attached hydrogen (secondary N) is 1. The lowest BCUT2D eigenvalue weighted by molar-refractivity contribution is -0.152. The highest BCUT2D eigenvalue weighted by Gasteiger charge is 2.51. The molecule has 1 spiro atoms. The first-order valence-corrected chi connectivity index (χ1v) is 11.0. The molecule has 3 aliphatic heterocycles. The van der Waals surface area contributed by atoms with E-state index in [9.17, 15) is 14.4 Å². The van der Waals surface area contributed by atoms with Gasteiger partial charge in [0, 0.05) is 63.6 Å². The molecule has 2 fully saturated rings. The molecule has 3 aliphatic rings. The number of ether oxygens (including phenoxy) is 1. The molecule has 3 rings (SSSR count). The van der Waals surface area contributed by atoms with Crippen molar-refractivity contribution < 1.29 is 19.1 Å². The molecule has 0 aromatic heterocycles. The van der Waals surface area contributed by atoms with Crippen molar-refractivity contribution in [2.24, 2.45) is 0 Å². The highest BCUT2D eigenvalue weighted by molar-refractivity contribution is 6.07. The van der Waals surface area contributed by atoms with Crippen molar-refractivity contribution in [2.75, 3.05) is 26.2 Å². The van der Waals surface area contributed by atoms with Gasteiger partial charge in [0.05, 0.1) is 5.57 Å². The third-order valence-corrected chi connectivity index (χ3v) is 6.92. The number of esters is 1. The quantitative estimate of drug-likeness (QED) is 0.559. The Morgan fingerprint density at radius 3 is 2.38 bits per heavy atom. The summed E-state index contributed by atoms with van der Waals surface area (Å²) in [6, 6.07) is 1.19. The summed E-state index contributed by atoms with van der Waals surface area (Å²) in [5.41, 5.74) is -0.0185. The summed E-state index contributed by atoms with van der Waals surface area (Å²) in [7, 11) is 0. The maximum absolute atomic E-state index is 13.0. The SMILES string of the molecule is CC(=O)N1CCC2(CC1)OC(=O)C(C)=C2C(=O)NCCCN1C(C)CCCC1C. The Labute approximate surface area is 173 Å². The van der Waals surface area contributed by atoms with Crippen LogP contribution in [0, 0.1) is 0 Å². The van der Waals surface area contributed by atoms with Crippen molar-refractivity contribution in [1.82, 2.24) is 15.1 Å². The van der Waals surface area contributed by atoms with Crippen LogP contribution in [0.25, 0.3) is 0 Å². The van der Waals surface area contributed by atoms with Crippen LogP contribution in [0.4, 0.5) is 0 Å². The number of nitrogens with zero attached hydrogens (tertiary/aromatic N) is 2. The first kappa shape index (κ1) is 21.8. The van der Waals surface area contributed by atoms with Gasteiger partial charge >= 0.3 is 5.97 Å². The van der Waals surface area contributed by atoms with Gasteiger partial charge in [-0.1, -0.05) is 6.42 Å². The zero-order chi connectivity index (χ0) is 21.2. The number of amides is 2. The lowest BCUT2D eigenvalue weighted by Crippen LogP contribution is -2.50. The van der Waals surface area contributed by atoms with Gasteiger partial charge in [-0.05, 0) is 40.0 Å². The molecule has 2 atom stereocenters. The van der Waals surface area contributed by atoms with E-state index in [-0.39, 0.29) is 11.8 Å². The van der Waals surface area contributed by atoms with E-state index in [4.69, 9.17) is 4.74 Å². The molecule has 29 heavy (non-hydrogen) atoms. The van der Waals surface area contributed by atoms with Crippen LogP contribution in [0.5, 0.6) is 0 Å². The van der Waals surface area contributed by atoms with Gasteiger partial charge in [0.1, 0.15) is 5.60 Å². The van der Waals surface area contributed by atoms with E-state index in [1.807, 2.05) is 0 Å². The summed E-state index contributed by atoms with van der Waals surface area (Å²) in [5.74, 6) is -0.608. The zero-order valence-electron chi connectivity index (χ0n) is 18.3. The van der Waals surface area contributed by atoms with Crippen molar-refractivity contribution in [1.29, 1.82) is 0 Å². The summed E-state index contributed by atoms with van der Waals surface area (Å²) in [5, 5.41) is 3.01. The van der Waals surface area contributed by atoms with E-state index >= 15 is 0 Å². The van der Waals surface area contributed by atoms with Crippen LogP contribution in [0.2, 0.25) is 0 Å². The molecule has 0 aromatic rings. The van der Waals surface area contributed by atoms with Gasteiger partial charge in [-0.3, -0.25) is 14.5 Å². The molecule has 2 saturated heterocycles. The van der Waals surface area contributed by atoms with Crippen LogP contribution in [-0.2, 0) is 19.1 Å². The second-order valence-corrected chi connectivity index (χ2v) is 8.87. The Morgan fingerprint density at radius 1 is 1.17 bits per heavy atom. The van der Waals surface area contributed by atoms with Crippen molar-refractivity contribution in [2.45, 2.75) is 83.9 Å². The summed E-state index contributed by atoms with van der Waals surface area (Å²) in [4.78, 5) is 41.1. The molecular weight excluding hydrogens is 370 g/mol. The minimum atomic E-state index is -0.882. The number of carbonyl (C=O) groups excluding carboxylic acids is 3. The van der Waals surface area contributed by atoms with Crippen LogP contribution in [0.1, 0.15) is 66.2 Å².